The molecular weight excluding hydrogens is 344 g/mol. The summed E-state index contributed by atoms with van der Waals surface area (Å²) in [4.78, 5) is 23.0. The molecule has 2 aromatic heterocycles. The molecule has 0 aliphatic rings. The quantitative estimate of drug-likeness (QED) is 0.747. The molecular formula is C16H21BrN4O. The fraction of sp³-hybridized carbons (Fsp3) is 0.312. The molecule has 0 amide bonds. The van der Waals surface area contributed by atoms with Crippen molar-refractivity contribution in [1.29, 1.82) is 0 Å². The van der Waals surface area contributed by atoms with Crippen LogP contribution in [0.25, 0.3) is 11.3 Å². The number of halogens is 1. The summed E-state index contributed by atoms with van der Waals surface area (Å²) in [6.45, 7) is 8.48. The third-order valence-corrected chi connectivity index (χ3v) is 3.02. The van der Waals surface area contributed by atoms with Crippen LogP contribution in [0.4, 0.5) is 0 Å². The van der Waals surface area contributed by atoms with Crippen LogP contribution in [0.15, 0.2) is 45.9 Å². The third-order valence-electron chi connectivity index (χ3n) is 2.63. The highest BCUT2D eigenvalue weighted by atomic mass is 79.9. The van der Waals surface area contributed by atoms with Crippen LogP contribution >= 0.6 is 15.9 Å². The molecule has 0 aliphatic heterocycles. The molecule has 0 radical (unpaired) electrons. The Labute approximate surface area is 138 Å². The van der Waals surface area contributed by atoms with Crippen molar-refractivity contribution >= 4 is 27.2 Å². The minimum atomic E-state index is -0.202. The van der Waals surface area contributed by atoms with Gasteiger partial charge in [-0.25, -0.2) is 14.8 Å². The monoisotopic (exact) mass is 364 g/mol. The van der Waals surface area contributed by atoms with Gasteiger partial charge < -0.3 is 0 Å². The van der Waals surface area contributed by atoms with E-state index in [9.17, 15) is 4.79 Å². The lowest BCUT2D eigenvalue weighted by Gasteiger charge is -2.02. The molecule has 1 N–H and O–H groups in total. The zero-order valence-corrected chi connectivity index (χ0v) is 14.9. The van der Waals surface area contributed by atoms with E-state index >= 15 is 0 Å². The van der Waals surface area contributed by atoms with E-state index in [0.29, 0.717) is 22.4 Å². The van der Waals surface area contributed by atoms with Crippen LogP contribution in [-0.4, -0.2) is 19.5 Å². The van der Waals surface area contributed by atoms with E-state index in [1.807, 2.05) is 58.0 Å². The number of hydrogen-bond acceptors (Lipinski definition) is 3. The predicted molar refractivity (Wildman–Crippen MR) is 94.1 cm³/mol. The zero-order valence-electron chi connectivity index (χ0n) is 13.3. The van der Waals surface area contributed by atoms with Crippen molar-refractivity contribution in [3.05, 3.63) is 57.2 Å². The molecule has 2 heterocycles. The van der Waals surface area contributed by atoms with Crippen LogP contribution < -0.4 is 5.69 Å². The number of hydrogen-bond donors (Lipinski definition) is 1. The van der Waals surface area contributed by atoms with Gasteiger partial charge in [-0.3, -0.25) is 9.55 Å². The second kappa shape index (κ2) is 9.15. The molecule has 1 aromatic carbocycles. The molecule has 0 atom stereocenters. The first kappa shape index (κ1) is 18.1. The molecule has 118 valence electrons. The van der Waals surface area contributed by atoms with Gasteiger partial charge in [0, 0.05) is 0 Å². The minimum absolute atomic E-state index is 0.202. The molecule has 0 saturated carbocycles. The van der Waals surface area contributed by atoms with Crippen molar-refractivity contribution in [1.82, 2.24) is 19.5 Å². The molecule has 5 nitrogen and oxygen atoms in total. The van der Waals surface area contributed by atoms with Gasteiger partial charge in [0.25, 0.3) is 0 Å². The Morgan fingerprint density at radius 2 is 1.77 bits per heavy atom. The van der Waals surface area contributed by atoms with Gasteiger partial charge in [0.15, 0.2) is 11.3 Å². The maximum absolute atomic E-state index is 11.9. The Balaban J connectivity index is 0.000000561. The Morgan fingerprint density at radius 3 is 2.41 bits per heavy atom. The lowest BCUT2D eigenvalue weighted by atomic mass is 10.2. The van der Waals surface area contributed by atoms with Crippen molar-refractivity contribution in [2.45, 2.75) is 34.2 Å². The number of nitrogens with zero attached hydrogens (tertiary/aromatic N) is 3. The first-order valence-corrected chi connectivity index (χ1v) is 8.18. The second-order valence-corrected chi connectivity index (χ2v) is 4.68. The summed E-state index contributed by atoms with van der Waals surface area (Å²) in [6, 6.07) is 9.76. The SMILES string of the molecule is CC.CC.O=c1[nH]c2ncc(Br)nc2n1Cc1ccccc1. The van der Waals surface area contributed by atoms with Crippen LogP contribution in [0.3, 0.4) is 0 Å². The number of nitrogens with one attached hydrogen (secondary N) is 1. The predicted octanol–water partition coefficient (Wildman–Crippen LogP) is 3.98. The van der Waals surface area contributed by atoms with Crippen molar-refractivity contribution in [2.75, 3.05) is 0 Å². The number of aromatic amines is 1. The van der Waals surface area contributed by atoms with Crippen LogP contribution in [0.1, 0.15) is 33.3 Å². The first-order chi connectivity index (χ1) is 10.7. The maximum atomic E-state index is 11.9. The topological polar surface area (TPSA) is 63.6 Å². The molecule has 22 heavy (non-hydrogen) atoms. The molecule has 0 fully saturated rings. The first-order valence-electron chi connectivity index (χ1n) is 7.39. The van der Waals surface area contributed by atoms with Gasteiger partial charge in [0.2, 0.25) is 0 Å². The van der Waals surface area contributed by atoms with Gasteiger partial charge in [0.05, 0.1) is 12.7 Å². The summed E-state index contributed by atoms with van der Waals surface area (Å²) >= 11 is 3.26. The van der Waals surface area contributed by atoms with Crippen molar-refractivity contribution in [3.63, 3.8) is 0 Å². The third kappa shape index (κ3) is 4.27. The van der Waals surface area contributed by atoms with Gasteiger partial charge in [-0.05, 0) is 21.5 Å². The van der Waals surface area contributed by atoms with Gasteiger partial charge in [-0.15, -0.1) is 0 Å². The summed E-state index contributed by atoms with van der Waals surface area (Å²) in [6.07, 6.45) is 1.56. The molecule has 3 aromatic rings. The Kier molecular flexibility index (Phi) is 7.52. The summed E-state index contributed by atoms with van der Waals surface area (Å²) in [5, 5.41) is 0. The maximum Gasteiger partial charge on any atom is 0.329 e. The van der Waals surface area contributed by atoms with E-state index in [4.69, 9.17) is 0 Å². The average molecular weight is 365 g/mol. The smallest absolute Gasteiger partial charge is 0.289 e. The lowest BCUT2D eigenvalue weighted by molar-refractivity contribution is 0.777. The van der Waals surface area contributed by atoms with E-state index < -0.39 is 0 Å². The molecule has 0 saturated heterocycles. The van der Waals surface area contributed by atoms with Gasteiger partial charge in [0.1, 0.15) is 4.60 Å². The Hall–Kier alpha value is -1.95. The van der Waals surface area contributed by atoms with E-state index in [1.54, 1.807) is 10.8 Å². The minimum Gasteiger partial charge on any atom is -0.289 e. The molecule has 0 bridgehead atoms. The standard InChI is InChI=1S/C12H9BrN4O.2C2H6/c13-9-6-14-10-11(15-9)17(12(18)16-10)7-8-4-2-1-3-5-8;2*1-2/h1-6H,7H2,(H,14,16,18);2*1-2H3. The highest BCUT2D eigenvalue weighted by Gasteiger charge is 2.09. The fourth-order valence-corrected chi connectivity index (χ4v) is 2.08. The molecule has 0 unspecified atom stereocenters. The van der Waals surface area contributed by atoms with E-state index in [1.165, 1.54) is 0 Å². The fourth-order valence-electron chi connectivity index (χ4n) is 1.81. The molecule has 6 heteroatoms. The summed E-state index contributed by atoms with van der Waals surface area (Å²) in [5.41, 5.74) is 1.89. The molecule has 3 rings (SSSR count). The lowest BCUT2D eigenvalue weighted by Crippen LogP contribution is -2.17. The van der Waals surface area contributed by atoms with Crippen molar-refractivity contribution < 1.29 is 0 Å². The van der Waals surface area contributed by atoms with E-state index in [2.05, 4.69) is 30.9 Å². The molecule has 0 spiro atoms. The van der Waals surface area contributed by atoms with Crippen molar-refractivity contribution in [2.24, 2.45) is 0 Å². The van der Waals surface area contributed by atoms with Crippen LogP contribution in [0.2, 0.25) is 0 Å². The van der Waals surface area contributed by atoms with Gasteiger partial charge in [-0.1, -0.05) is 58.0 Å². The number of imidazole rings is 1. The Morgan fingerprint density at radius 1 is 1.14 bits per heavy atom. The van der Waals surface area contributed by atoms with Crippen LogP contribution in [0.5, 0.6) is 0 Å². The van der Waals surface area contributed by atoms with Gasteiger partial charge >= 0.3 is 5.69 Å². The summed E-state index contributed by atoms with van der Waals surface area (Å²) in [7, 11) is 0. The zero-order chi connectivity index (χ0) is 16.5. The van der Waals surface area contributed by atoms with Gasteiger partial charge in [-0.2, -0.15) is 0 Å². The second-order valence-electron chi connectivity index (χ2n) is 3.87. The number of rotatable bonds is 2. The highest BCUT2D eigenvalue weighted by molar-refractivity contribution is 9.10. The normalized spacial score (nSPS) is 9.50. The van der Waals surface area contributed by atoms with Crippen LogP contribution in [-0.2, 0) is 6.54 Å². The van der Waals surface area contributed by atoms with E-state index in [0.717, 1.165) is 5.56 Å². The average Bonchev–Trinajstić information content (AvgIpc) is 2.88. The number of fused-ring (bicyclic) bond motifs is 1. The molecule has 0 aliphatic carbocycles. The highest BCUT2D eigenvalue weighted by Crippen LogP contribution is 2.11. The van der Waals surface area contributed by atoms with Crippen LogP contribution in [0, 0.1) is 0 Å². The largest absolute Gasteiger partial charge is 0.329 e. The summed E-state index contributed by atoms with van der Waals surface area (Å²) < 4.78 is 2.18. The van der Waals surface area contributed by atoms with Crippen molar-refractivity contribution in [3.8, 4) is 0 Å². The Bertz CT molecular complexity index is 750. The number of H-pyrrole nitrogens is 1. The summed E-state index contributed by atoms with van der Waals surface area (Å²) in [5.74, 6) is 0. The number of benzene rings is 1. The number of aromatic nitrogens is 4. The van der Waals surface area contributed by atoms with E-state index in [-0.39, 0.29) is 5.69 Å².